The number of benzene rings is 3. The predicted octanol–water partition coefficient (Wildman–Crippen LogP) is 4.50. The molecule has 0 aromatic heterocycles. The smallest absolute Gasteiger partial charge is 0.258 e. The second kappa shape index (κ2) is 7.54. The fourth-order valence-electron chi connectivity index (χ4n) is 2.92. The van der Waals surface area contributed by atoms with Crippen LogP contribution in [-0.4, -0.2) is 24.2 Å². The number of carbonyl (C=O) groups excluding carboxylic acids is 1. The Morgan fingerprint density at radius 2 is 1.70 bits per heavy atom. The van der Waals surface area contributed by atoms with E-state index in [0.29, 0.717) is 36.0 Å². The summed E-state index contributed by atoms with van der Waals surface area (Å²) in [5, 5.41) is 7.77. The van der Waals surface area contributed by atoms with Crippen molar-refractivity contribution in [2.24, 2.45) is 0 Å². The molecule has 136 valence electrons. The van der Waals surface area contributed by atoms with Gasteiger partial charge < -0.3 is 14.8 Å². The van der Waals surface area contributed by atoms with Gasteiger partial charge in [0.15, 0.2) is 16.6 Å². The summed E-state index contributed by atoms with van der Waals surface area (Å²) >= 11 is 8.80. The minimum atomic E-state index is -0.270. The maximum atomic E-state index is 12.7. The number of halogens is 1. The van der Waals surface area contributed by atoms with Gasteiger partial charge in [-0.15, -0.1) is 0 Å². The van der Waals surface area contributed by atoms with Crippen LogP contribution in [0.15, 0.2) is 59.1 Å². The molecule has 27 heavy (non-hydrogen) atoms. The zero-order chi connectivity index (χ0) is 18.8. The van der Waals surface area contributed by atoms with E-state index in [4.69, 9.17) is 21.7 Å². The summed E-state index contributed by atoms with van der Waals surface area (Å²) in [5.41, 5.74) is 1.27. The zero-order valence-electron chi connectivity index (χ0n) is 14.1. The lowest BCUT2D eigenvalue weighted by Crippen LogP contribution is -2.34. The zero-order valence-corrected chi connectivity index (χ0v) is 16.5. The number of anilines is 1. The third-order valence-electron chi connectivity index (χ3n) is 4.14. The second-order valence-corrected chi connectivity index (χ2v) is 7.17. The molecule has 1 heterocycles. The van der Waals surface area contributed by atoms with Gasteiger partial charge in [-0.1, -0.05) is 40.2 Å². The van der Waals surface area contributed by atoms with E-state index in [1.807, 2.05) is 42.5 Å². The van der Waals surface area contributed by atoms with Crippen molar-refractivity contribution in [3.63, 3.8) is 0 Å². The molecule has 3 aromatic carbocycles. The van der Waals surface area contributed by atoms with E-state index in [9.17, 15) is 4.79 Å². The molecule has 1 aliphatic rings. The van der Waals surface area contributed by atoms with Crippen molar-refractivity contribution in [1.82, 2.24) is 5.32 Å². The van der Waals surface area contributed by atoms with Crippen LogP contribution in [0.1, 0.15) is 10.4 Å². The average molecular weight is 443 g/mol. The molecule has 1 aliphatic heterocycles. The fourth-order valence-corrected chi connectivity index (χ4v) is 3.63. The molecule has 7 heteroatoms. The molecule has 5 nitrogen and oxygen atoms in total. The third-order valence-corrected chi connectivity index (χ3v) is 5.04. The largest absolute Gasteiger partial charge is 0.486 e. The predicted molar refractivity (Wildman–Crippen MR) is 113 cm³/mol. The normalized spacial score (nSPS) is 12.5. The number of ether oxygens (including phenoxy) is 2. The lowest BCUT2D eigenvalue weighted by molar-refractivity contribution is 0.0979. The van der Waals surface area contributed by atoms with E-state index >= 15 is 0 Å². The van der Waals surface area contributed by atoms with Crippen LogP contribution in [0.2, 0.25) is 0 Å². The summed E-state index contributed by atoms with van der Waals surface area (Å²) in [4.78, 5) is 12.7. The molecule has 3 aromatic rings. The summed E-state index contributed by atoms with van der Waals surface area (Å²) in [6, 6.07) is 16.8. The van der Waals surface area contributed by atoms with E-state index in [0.717, 1.165) is 15.2 Å². The first-order valence-corrected chi connectivity index (χ1v) is 9.51. The summed E-state index contributed by atoms with van der Waals surface area (Å²) in [7, 11) is 0. The summed E-state index contributed by atoms with van der Waals surface area (Å²) in [6.45, 7) is 1.05. The van der Waals surface area contributed by atoms with Gasteiger partial charge in [0.1, 0.15) is 13.2 Å². The number of hydrogen-bond donors (Lipinski definition) is 2. The van der Waals surface area contributed by atoms with Crippen molar-refractivity contribution in [2.45, 2.75) is 0 Å². The Labute approximate surface area is 169 Å². The van der Waals surface area contributed by atoms with Gasteiger partial charge in [-0.05, 0) is 47.3 Å². The highest BCUT2D eigenvalue weighted by Gasteiger charge is 2.14. The van der Waals surface area contributed by atoms with E-state index in [-0.39, 0.29) is 11.0 Å². The number of rotatable bonds is 2. The Kier molecular flexibility index (Phi) is 4.96. The molecule has 0 spiro atoms. The standard InChI is InChI=1S/C20H15BrN2O3S/c21-16-6-2-3-13-14(16)4-1-5-15(13)19(24)23-20(27)22-12-7-8-17-18(11-12)26-10-9-25-17/h1-8,11H,9-10H2,(H2,22,23,24,27). The molecule has 0 radical (unpaired) electrons. The molecular weight excluding hydrogens is 428 g/mol. The Morgan fingerprint density at radius 1 is 0.963 bits per heavy atom. The highest BCUT2D eigenvalue weighted by atomic mass is 79.9. The minimum Gasteiger partial charge on any atom is -0.486 e. The molecule has 0 saturated heterocycles. The van der Waals surface area contributed by atoms with Crippen LogP contribution in [0.4, 0.5) is 5.69 Å². The lowest BCUT2D eigenvalue weighted by atomic mass is 10.0. The maximum absolute atomic E-state index is 12.7. The summed E-state index contributed by atoms with van der Waals surface area (Å²) < 4.78 is 12.0. The molecule has 0 saturated carbocycles. The van der Waals surface area contributed by atoms with Crippen LogP contribution in [0.3, 0.4) is 0 Å². The molecule has 0 aliphatic carbocycles. The Morgan fingerprint density at radius 3 is 2.56 bits per heavy atom. The van der Waals surface area contributed by atoms with Crippen molar-refractivity contribution < 1.29 is 14.3 Å². The SMILES string of the molecule is O=C(NC(=S)Nc1ccc2c(c1)OCCO2)c1cccc2c(Br)cccc12. The molecule has 0 fully saturated rings. The third kappa shape index (κ3) is 3.74. The van der Waals surface area contributed by atoms with Gasteiger partial charge >= 0.3 is 0 Å². The topological polar surface area (TPSA) is 59.6 Å². The molecule has 2 N–H and O–H groups in total. The second-order valence-electron chi connectivity index (χ2n) is 5.91. The quantitative estimate of drug-likeness (QED) is 0.572. The van der Waals surface area contributed by atoms with Crippen LogP contribution >= 0.6 is 28.1 Å². The van der Waals surface area contributed by atoms with Gasteiger partial charge in [-0.25, -0.2) is 0 Å². The van der Waals surface area contributed by atoms with Crippen LogP contribution in [0, 0.1) is 0 Å². The molecule has 4 rings (SSSR count). The molecular formula is C20H15BrN2O3S. The van der Waals surface area contributed by atoms with Crippen molar-refractivity contribution in [1.29, 1.82) is 0 Å². The van der Waals surface area contributed by atoms with Crippen LogP contribution in [0.25, 0.3) is 10.8 Å². The van der Waals surface area contributed by atoms with Gasteiger partial charge in [0, 0.05) is 21.8 Å². The van der Waals surface area contributed by atoms with Crippen molar-refractivity contribution in [3.8, 4) is 11.5 Å². The Balaban J connectivity index is 1.50. The van der Waals surface area contributed by atoms with E-state index in [2.05, 4.69) is 26.6 Å². The van der Waals surface area contributed by atoms with Crippen LogP contribution in [-0.2, 0) is 0 Å². The van der Waals surface area contributed by atoms with E-state index in [1.54, 1.807) is 12.1 Å². The van der Waals surface area contributed by atoms with Gasteiger partial charge in [0.2, 0.25) is 0 Å². The first-order chi connectivity index (χ1) is 13.1. The van der Waals surface area contributed by atoms with Crippen LogP contribution < -0.4 is 20.1 Å². The first-order valence-electron chi connectivity index (χ1n) is 8.31. The number of fused-ring (bicyclic) bond motifs is 2. The Hall–Kier alpha value is -2.64. The van der Waals surface area contributed by atoms with Crippen LogP contribution in [0.5, 0.6) is 11.5 Å². The molecule has 0 bridgehead atoms. The lowest BCUT2D eigenvalue weighted by Gasteiger charge is -2.19. The monoisotopic (exact) mass is 442 g/mol. The Bertz CT molecular complexity index is 1050. The van der Waals surface area contributed by atoms with Crippen molar-refractivity contribution in [3.05, 3.63) is 64.6 Å². The van der Waals surface area contributed by atoms with Crippen molar-refractivity contribution in [2.75, 3.05) is 18.5 Å². The number of carbonyl (C=O) groups is 1. The first kappa shape index (κ1) is 17.8. The fraction of sp³-hybridized carbons (Fsp3) is 0.100. The number of amides is 1. The molecule has 0 unspecified atom stereocenters. The minimum absolute atomic E-state index is 0.212. The van der Waals surface area contributed by atoms with Gasteiger partial charge in [0.05, 0.1) is 0 Å². The van der Waals surface area contributed by atoms with E-state index in [1.165, 1.54) is 0 Å². The van der Waals surface area contributed by atoms with E-state index < -0.39 is 0 Å². The van der Waals surface area contributed by atoms with Gasteiger partial charge in [-0.3, -0.25) is 10.1 Å². The number of hydrogen-bond acceptors (Lipinski definition) is 4. The average Bonchev–Trinajstić information content (AvgIpc) is 2.67. The summed E-state index contributed by atoms with van der Waals surface area (Å²) in [6.07, 6.45) is 0. The number of nitrogens with one attached hydrogen (secondary N) is 2. The molecule has 1 amide bonds. The summed E-state index contributed by atoms with van der Waals surface area (Å²) in [5.74, 6) is 1.08. The maximum Gasteiger partial charge on any atom is 0.258 e. The van der Waals surface area contributed by atoms with Crippen molar-refractivity contribution >= 4 is 55.6 Å². The highest BCUT2D eigenvalue weighted by Crippen LogP contribution is 2.32. The van der Waals surface area contributed by atoms with Gasteiger partial charge in [-0.2, -0.15) is 0 Å². The number of thiocarbonyl (C=S) groups is 1. The molecule has 0 atom stereocenters. The highest BCUT2D eigenvalue weighted by molar-refractivity contribution is 9.10. The van der Waals surface area contributed by atoms with Gasteiger partial charge in [0.25, 0.3) is 5.91 Å².